The Morgan fingerprint density at radius 1 is 0.949 bits per heavy atom. The number of aliphatic imine (C=N–C) groups is 1. The first kappa shape index (κ1) is 33.9. The van der Waals surface area contributed by atoms with Crippen molar-refractivity contribution in [2.75, 3.05) is 0 Å². The molecule has 0 bridgehead atoms. The first-order valence-corrected chi connectivity index (χ1v) is 14.1. The number of hydrogen-bond donors (Lipinski definition) is 0. The number of ether oxygens (including phenoxy) is 2. The van der Waals surface area contributed by atoms with Gasteiger partial charge in [-0.3, -0.25) is 19.9 Å². The van der Waals surface area contributed by atoms with Crippen LogP contribution in [0.2, 0.25) is 0 Å². The summed E-state index contributed by atoms with van der Waals surface area (Å²) in [5, 5.41) is 11.6. The lowest BCUT2D eigenvalue weighted by Gasteiger charge is -2.35. The van der Waals surface area contributed by atoms with Crippen molar-refractivity contribution in [3.05, 3.63) is 51.2 Å². The van der Waals surface area contributed by atoms with Crippen LogP contribution in [0.5, 0.6) is 0 Å². The molecule has 4 unspecified atom stereocenters. The van der Waals surface area contributed by atoms with Crippen molar-refractivity contribution in [1.29, 1.82) is 0 Å². The third-order valence-electron chi connectivity index (χ3n) is 6.08. The fourth-order valence-electron chi connectivity index (χ4n) is 4.34. The maximum atomic E-state index is 13.7. The van der Waals surface area contributed by atoms with Gasteiger partial charge >= 0.3 is 11.9 Å². The third-order valence-corrected chi connectivity index (χ3v) is 7.37. The van der Waals surface area contributed by atoms with E-state index in [1.165, 1.54) is 18.2 Å². The Labute approximate surface area is 257 Å². The summed E-state index contributed by atoms with van der Waals surface area (Å²) in [7, 11) is 0. The summed E-state index contributed by atoms with van der Waals surface area (Å²) >= 11 is 36.5. The lowest BCUT2D eigenvalue weighted by molar-refractivity contribution is -0.384. The van der Waals surface area contributed by atoms with Crippen molar-refractivity contribution in [3.8, 4) is 0 Å². The second kappa shape index (κ2) is 13.1. The number of alkyl halides is 6. The molecule has 0 aromatic heterocycles. The number of nitro benzene ring substituents is 1. The maximum absolute atomic E-state index is 13.7. The van der Waals surface area contributed by atoms with E-state index >= 15 is 0 Å². The first-order valence-electron chi connectivity index (χ1n) is 11.8. The topological polar surface area (TPSA) is 108 Å². The molecule has 39 heavy (non-hydrogen) atoms. The van der Waals surface area contributed by atoms with Crippen molar-refractivity contribution >= 4 is 92.9 Å². The fourth-order valence-corrected chi connectivity index (χ4v) is 6.12. The number of benzene rings is 1. The molecule has 0 amide bonds. The standard InChI is InChI=1S/C25H28Cl6N2O6/c1-11(2)20(24(26,27)28)38-22(34)17-13(5)32-14(6)18(23(35)39-21(12(3)4)25(29,30)31)19(17)15-8-7-9-16(10-15)33(36)37/h7-12,17,19-21H,1-6H3. The van der Waals surface area contributed by atoms with Gasteiger partial charge < -0.3 is 9.47 Å². The predicted octanol–water partition coefficient (Wildman–Crippen LogP) is 7.92. The third kappa shape index (κ3) is 8.37. The molecule has 0 saturated carbocycles. The number of allylic oxidation sites excluding steroid dienone is 1. The molecule has 1 aliphatic rings. The van der Waals surface area contributed by atoms with Crippen LogP contribution in [0.1, 0.15) is 53.0 Å². The van der Waals surface area contributed by atoms with E-state index in [-0.39, 0.29) is 28.2 Å². The Hall–Kier alpha value is -1.29. The van der Waals surface area contributed by atoms with Crippen LogP contribution in [-0.4, -0.2) is 42.4 Å². The van der Waals surface area contributed by atoms with E-state index < -0.39 is 60.3 Å². The minimum absolute atomic E-state index is 0.0575. The lowest BCUT2D eigenvalue weighted by Crippen LogP contribution is -2.43. The summed E-state index contributed by atoms with van der Waals surface area (Å²) in [6.07, 6.45) is -2.31. The second-order valence-electron chi connectivity index (χ2n) is 9.81. The summed E-state index contributed by atoms with van der Waals surface area (Å²) in [5.41, 5.74) is 0.438. The average molecular weight is 665 g/mol. The Morgan fingerprint density at radius 3 is 1.92 bits per heavy atom. The smallest absolute Gasteiger partial charge is 0.336 e. The van der Waals surface area contributed by atoms with Gasteiger partial charge in [-0.15, -0.1) is 0 Å². The summed E-state index contributed by atoms with van der Waals surface area (Å²) in [5.74, 6) is -4.89. The number of non-ortho nitro benzene ring substituents is 1. The summed E-state index contributed by atoms with van der Waals surface area (Å²) in [6.45, 7) is 9.92. The highest BCUT2D eigenvalue weighted by atomic mass is 35.6. The van der Waals surface area contributed by atoms with E-state index in [9.17, 15) is 19.7 Å². The van der Waals surface area contributed by atoms with Gasteiger partial charge in [0.05, 0.1) is 10.5 Å². The number of carbonyl (C=O) groups is 2. The zero-order valence-electron chi connectivity index (χ0n) is 21.9. The monoisotopic (exact) mass is 662 g/mol. The molecule has 0 radical (unpaired) electrons. The molecular weight excluding hydrogens is 637 g/mol. The van der Waals surface area contributed by atoms with Gasteiger partial charge in [0.2, 0.25) is 7.59 Å². The van der Waals surface area contributed by atoms with Gasteiger partial charge in [-0.25, -0.2) is 4.79 Å². The zero-order valence-corrected chi connectivity index (χ0v) is 26.4. The van der Waals surface area contributed by atoms with E-state index in [4.69, 9.17) is 79.1 Å². The SMILES string of the molecule is CC1=NC(C)=C(C(=O)OC(C(C)C)C(Cl)(Cl)Cl)C(c2cccc([N+](=O)[O-])c2)C1C(=O)OC(C(C)C)C(Cl)(Cl)Cl. The summed E-state index contributed by atoms with van der Waals surface area (Å²) in [4.78, 5) is 42.7. The lowest BCUT2D eigenvalue weighted by atomic mass is 9.75. The summed E-state index contributed by atoms with van der Waals surface area (Å²) in [6, 6.07) is 5.52. The molecule has 14 heteroatoms. The Kier molecular flexibility index (Phi) is 11.4. The normalized spacial score (nSPS) is 20.0. The van der Waals surface area contributed by atoms with Gasteiger partial charge in [-0.1, -0.05) is 109 Å². The van der Waals surface area contributed by atoms with E-state index in [1.54, 1.807) is 47.6 Å². The number of nitro groups is 1. The molecule has 0 fully saturated rings. The molecular formula is C25H28Cl6N2O6. The van der Waals surface area contributed by atoms with Crippen LogP contribution < -0.4 is 0 Å². The molecule has 0 spiro atoms. The minimum atomic E-state index is -1.96. The van der Waals surface area contributed by atoms with Crippen LogP contribution in [0.15, 0.2) is 40.5 Å². The van der Waals surface area contributed by atoms with Crippen LogP contribution in [0, 0.1) is 27.9 Å². The molecule has 1 aromatic rings. The van der Waals surface area contributed by atoms with Gasteiger partial charge in [-0.2, -0.15) is 0 Å². The van der Waals surface area contributed by atoms with Crippen molar-refractivity contribution in [1.82, 2.24) is 0 Å². The summed E-state index contributed by atoms with van der Waals surface area (Å²) < 4.78 is 7.40. The van der Waals surface area contributed by atoms with E-state index in [0.29, 0.717) is 0 Å². The van der Waals surface area contributed by atoms with Crippen molar-refractivity contribution in [2.24, 2.45) is 22.7 Å². The highest BCUT2D eigenvalue weighted by Gasteiger charge is 2.47. The largest absolute Gasteiger partial charge is 0.457 e. The molecule has 1 aliphatic heterocycles. The van der Waals surface area contributed by atoms with Crippen LogP contribution in [-0.2, 0) is 19.1 Å². The van der Waals surface area contributed by atoms with Crippen molar-refractivity contribution in [3.63, 3.8) is 0 Å². The molecule has 1 aromatic carbocycles. The van der Waals surface area contributed by atoms with Crippen LogP contribution >= 0.6 is 69.6 Å². The molecule has 216 valence electrons. The number of hydrogen-bond acceptors (Lipinski definition) is 7. The highest BCUT2D eigenvalue weighted by Crippen LogP contribution is 2.44. The predicted molar refractivity (Wildman–Crippen MR) is 155 cm³/mol. The van der Waals surface area contributed by atoms with Gasteiger partial charge in [0.1, 0.15) is 5.92 Å². The van der Waals surface area contributed by atoms with Gasteiger partial charge in [0.15, 0.2) is 12.2 Å². The molecule has 0 N–H and O–H groups in total. The molecule has 8 nitrogen and oxygen atoms in total. The fraction of sp³-hybridized carbons (Fsp3) is 0.560. The highest BCUT2D eigenvalue weighted by molar-refractivity contribution is 6.68. The molecule has 1 heterocycles. The van der Waals surface area contributed by atoms with E-state index in [2.05, 4.69) is 4.99 Å². The molecule has 0 aliphatic carbocycles. The number of halogens is 6. The first-order chi connectivity index (χ1) is 17.8. The van der Waals surface area contributed by atoms with Gasteiger partial charge in [0, 0.05) is 29.5 Å². The minimum Gasteiger partial charge on any atom is -0.457 e. The molecule has 0 saturated heterocycles. The molecule has 4 atom stereocenters. The van der Waals surface area contributed by atoms with Crippen molar-refractivity contribution < 1.29 is 24.0 Å². The van der Waals surface area contributed by atoms with Gasteiger partial charge in [-0.05, 0) is 31.2 Å². The van der Waals surface area contributed by atoms with Crippen molar-refractivity contribution in [2.45, 2.75) is 67.3 Å². The van der Waals surface area contributed by atoms with Crippen LogP contribution in [0.4, 0.5) is 5.69 Å². The average Bonchev–Trinajstić information content (AvgIpc) is 2.78. The van der Waals surface area contributed by atoms with E-state index in [0.717, 1.165) is 0 Å². The Bertz CT molecular complexity index is 1170. The second-order valence-corrected chi connectivity index (χ2v) is 14.6. The maximum Gasteiger partial charge on any atom is 0.336 e. The van der Waals surface area contributed by atoms with E-state index in [1.807, 2.05) is 0 Å². The quantitative estimate of drug-likeness (QED) is 0.121. The number of carbonyl (C=O) groups excluding carboxylic acids is 2. The Balaban J connectivity index is 2.71. The molecule has 2 rings (SSSR count). The van der Waals surface area contributed by atoms with Crippen LogP contribution in [0.3, 0.4) is 0 Å². The number of nitrogens with zero attached hydrogens (tertiary/aromatic N) is 2. The zero-order chi connectivity index (χ0) is 30.0. The Morgan fingerprint density at radius 2 is 1.46 bits per heavy atom. The van der Waals surface area contributed by atoms with Crippen LogP contribution in [0.25, 0.3) is 0 Å². The number of esters is 2. The van der Waals surface area contributed by atoms with Gasteiger partial charge in [0.25, 0.3) is 5.69 Å². The number of rotatable bonds is 8.